The van der Waals surface area contributed by atoms with Crippen molar-refractivity contribution in [3.63, 3.8) is 0 Å². The molecule has 1 N–H and O–H groups in total. The minimum atomic E-state index is -0.795. The van der Waals surface area contributed by atoms with E-state index >= 15 is 0 Å². The molecular formula is C23H25ClN4O2. The number of nitrogens with one attached hydrogen (secondary N) is 1. The Hall–Kier alpha value is -2.73. The Morgan fingerprint density at radius 2 is 1.93 bits per heavy atom. The number of hydrogen-bond acceptors (Lipinski definition) is 5. The fourth-order valence-electron chi connectivity index (χ4n) is 3.99. The van der Waals surface area contributed by atoms with Crippen LogP contribution in [0.1, 0.15) is 73.2 Å². The first-order valence-corrected chi connectivity index (χ1v) is 10.6. The summed E-state index contributed by atoms with van der Waals surface area (Å²) in [4.78, 5) is 22.1. The normalized spacial score (nSPS) is 14.8. The lowest BCUT2D eigenvalue weighted by Crippen LogP contribution is -2.42. The summed E-state index contributed by atoms with van der Waals surface area (Å²) in [5.41, 5.74) is 2.48. The number of carbonyl (C=O) groups is 1. The van der Waals surface area contributed by atoms with Crippen molar-refractivity contribution >= 4 is 17.5 Å². The Bertz CT molecular complexity index is 1070. The third kappa shape index (κ3) is 4.24. The zero-order valence-electron chi connectivity index (χ0n) is 17.4. The predicted molar refractivity (Wildman–Crippen MR) is 115 cm³/mol. The van der Waals surface area contributed by atoms with Gasteiger partial charge in [-0.2, -0.15) is 4.98 Å². The summed E-state index contributed by atoms with van der Waals surface area (Å²) >= 11 is 6.24. The van der Waals surface area contributed by atoms with Crippen LogP contribution in [-0.4, -0.2) is 21.0 Å². The number of nitrogens with zero attached hydrogens (tertiary/aromatic N) is 3. The molecule has 1 aromatic carbocycles. The smallest absolute Gasteiger partial charge is 0.270 e. The number of pyridine rings is 1. The Morgan fingerprint density at radius 3 is 2.60 bits per heavy atom. The van der Waals surface area contributed by atoms with Crippen LogP contribution in [0.5, 0.6) is 0 Å². The number of amides is 1. The van der Waals surface area contributed by atoms with Crippen LogP contribution in [0, 0.1) is 6.92 Å². The second-order valence-corrected chi connectivity index (χ2v) is 8.78. The minimum Gasteiger partial charge on any atom is -0.340 e. The van der Waals surface area contributed by atoms with E-state index in [0.29, 0.717) is 28.3 Å². The molecule has 7 heteroatoms. The molecule has 1 aliphatic carbocycles. The minimum absolute atomic E-state index is 0.288. The topological polar surface area (TPSA) is 80.9 Å². The zero-order chi connectivity index (χ0) is 21.3. The molecule has 1 saturated carbocycles. The summed E-state index contributed by atoms with van der Waals surface area (Å²) in [7, 11) is 0. The standard InChI is InChI=1S/C23H25ClN4O2/c1-14-25-22(28-30-14)23(2,3)27-21(29)19-12-11-18(15-7-4-5-8-15)20(26-19)16-9-6-10-17(24)13-16/h6,9-13,15H,4-5,7-8H2,1-3H3,(H,27,29). The number of carbonyl (C=O) groups excluding carboxylic acids is 1. The lowest BCUT2D eigenvalue weighted by molar-refractivity contribution is 0.0902. The number of halogens is 1. The average molecular weight is 425 g/mol. The largest absolute Gasteiger partial charge is 0.340 e. The molecule has 2 heterocycles. The van der Waals surface area contributed by atoms with Crippen LogP contribution < -0.4 is 5.32 Å². The van der Waals surface area contributed by atoms with Crippen LogP contribution in [0.15, 0.2) is 40.9 Å². The summed E-state index contributed by atoms with van der Waals surface area (Å²) < 4.78 is 5.06. The van der Waals surface area contributed by atoms with E-state index in [9.17, 15) is 4.79 Å². The van der Waals surface area contributed by atoms with Crippen LogP contribution in [0.4, 0.5) is 0 Å². The van der Waals surface area contributed by atoms with Crippen LogP contribution in [-0.2, 0) is 5.54 Å². The molecule has 6 nitrogen and oxygen atoms in total. The van der Waals surface area contributed by atoms with Crippen LogP contribution in [0.2, 0.25) is 5.02 Å². The van der Waals surface area contributed by atoms with Crippen molar-refractivity contribution in [2.45, 2.75) is 57.9 Å². The van der Waals surface area contributed by atoms with E-state index in [2.05, 4.69) is 15.5 Å². The van der Waals surface area contributed by atoms with Gasteiger partial charge >= 0.3 is 0 Å². The van der Waals surface area contributed by atoms with Gasteiger partial charge < -0.3 is 9.84 Å². The second-order valence-electron chi connectivity index (χ2n) is 8.34. The van der Waals surface area contributed by atoms with Gasteiger partial charge in [-0.15, -0.1) is 0 Å². The maximum Gasteiger partial charge on any atom is 0.270 e. The monoisotopic (exact) mass is 424 g/mol. The number of rotatable bonds is 5. The molecule has 1 aliphatic rings. The first-order valence-electron chi connectivity index (χ1n) is 10.2. The van der Waals surface area contributed by atoms with Crippen molar-refractivity contribution in [2.75, 3.05) is 0 Å². The average Bonchev–Trinajstić information content (AvgIpc) is 3.39. The Morgan fingerprint density at radius 1 is 1.17 bits per heavy atom. The molecule has 1 fully saturated rings. The van der Waals surface area contributed by atoms with Crippen LogP contribution in [0.3, 0.4) is 0 Å². The van der Waals surface area contributed by atoms with E-state index in [4.69, 9.17) is 21.1 Å². The molecule has 156 valence electrons. The van der Waals surface area contributed by atoms with Crippen molar-refractivity contribution < 1.29 is 9.32 Å². The fraction of sp³-hybridized carbons (Fsp3) is 0.391. The van der Waals surface area contributed by atoms with Gasteiger partial charge in [0, 0.05) is 17.5 Å². The molecule has 0 atom stereocenters. The molecule has 0 saturated heterocycles. The summed E-state index contributed by atoms with van der Waals surface area (Å²) in [6.07, 6.45) is 4.73. The maximum atomic E-state index is 13.0. The molecule has 1 amide bonds. The molecule has 0 radical (unpaired) electrons. The lowest BCUT2D eigenvalue weighted by atomic mass is 9.92. The van der Waals surface area contributed by atoms with E-state index in [-0.39, 0.29) is 5.91 Å². The van der Waals surface area contributed by atoms with Crippen LogP contribution in [0.25, 0.3) is 11.3 Å². The van der Waals surface area contributed by atoms with E-state index < -0.39 is 5.54 Å². The molecule has 0 aliphatic heterocycles. The van der Waals surface area contributed by atoms with Crippen molar-refractivity contribution in [2.24, 2.45) is 0 Å². The molecule has 0 spiro atoms. The number of aromatic nitrogens is 3. The van der Waals surface area contributed by atoms with Gasteiger partial charge in [0.05, 0.1) is 11.2 Å². The first kappa shape index (κ1) is 20.5. The van der Waals surface area contributed by atoms with Crippen molar-refractivity contribution in [3.05, 3.63) is 64.4 Å². The van der Waals surface area contributed by atoms with Gasteiger partial charge in [0.25, 0.3) is 5.91 Å². The predicted octanol–water partition coefficient (Wildman–Crippen LogP) is 5.42. The van der Waals surface area contributed by atoms with E-state index in [0.717, 1.165) is 24.1 Å². The Balaban J connectivity index is 1.68. The van der Waals surface area contributed by atoms with Crippen molar-refractivity contribution in [1.29, 1.82) is 0 Å². The highest BCUT2D eigenvalue weighted by Crippen LogP contribution is 2.39. The summed E-state index contributed by atoms with van der Waals surface area (Å²) in [6, 6.07) is 11.5. The highest BCUT2D eigenvalue weighted by Gasteiger charge is 2.30. The zero-order valence-corrected chi connectivity index (χ0v) is 18.2. The molecule has 4 rings (SSSR count). The molecule has 0 unspecified atom stereocenters. The maximum absolute atomic E-state index is 13.0. The van der Waals surface area contributed by atoms with Gasteiger partial charge in [0.2, 0.25) is 5.89 Å². The molecule has 3 aromatic rings. The lowest BCUT2D eigenvalue weighted by Gasteiger charge is -2.23. The van der Waals surface area contributed by atoms with Gasteiger partial charge in [-0.3, -0.25) is 4.79 Å². The van der Waals surface area contributed by atoms with Gasteiger partial charge in [-0.1, -0.05) is 47.8 Å². The van der Waals surface area contributed by atoms with E-state index in [1.165, 1.54) is 18.4 Å². The SMILES string of the molecule is Cc1nc(C(C)(C)NC(=O)c2ccc(C3CCCC3)c(-c3cccc(Cl)c3)n2)no1. The summed E-state index contributed by atoms with van der Waals surface area (Å²) in [5.74, 6) is 1.05. The molecule has 0 bridgehead atoms. The number of benzene rings is 1. The number of hydrogen-bond donors (Lipinski definition) is 1. The highest BCUT2D eigenvalue weighted by molar-refractivity contribution is 6.30. The quantitative estimate of drug-likeness (QED) is 0.591. The molecular weight excluding hydrogens is 400 g/mol. The number of aryl methyl sites for hydroxylation is 1. The highest BCUT2D eigenvalue weighted by atomic mass is 35.5. The Labute approximate surface area is 181 Å². The third-order valence-electron chi connectivity index (χ3n) is 5.56. The Kier molecular flexibility index (Phi) is 5.60. The molecule has 2 aromatic heterocycles. The van der Waals surface area contributed by atoms with E-state index in [1.54, 1.807) is 13.0 Å². The summed E-state index contributed by atoms with van der Waals surface area (Å²) in [5, 5.41) is 7.56. The first-order chi connectivity index (χ1) is 14.3. The summed E-state index contributed by atoms with van der Waals surface area (Å²) in [6.45, 7) is 5.38. The molecule has 30 heavy (non-hydrogen) atoms. The van der Waals surface area contributed by atoms with Gasteiger partial charge in [-0.05, 0) is 56.4 Å². The second kappa shape index (κ2) is 8.19. The van der Waals surface area contributed by atoms with Crippen LogP contribution >= 0.6 is 11.6 Å². The van der Waals surface area contributed by atoms with Gasteiger partial charge in [0.15, 0.2) is 5.82 Å². The van der Waals surface area contributed by atoms with E-state index in [1.807, 2.05) is 44.2 Å². The van der Waals surface area contributed by atoms with Crippen molar-refractivity contribution in [1.82, 2.24) is 20.4 Å². The fourth-order valence-corrected chi connectivity index (χ4v) is 4.18. The van der Waals surface area contributed by atoms with Crippen molar-refractivity contribution in [3.8, 4) is 11.3 Å². The van der Waals surface area contributed by atoms with Gasteiger partial charge in [0.1, 0.15) is 5.69 Å². The third-order valence-corrected chi connectivity index (χ3v) is 5.80. The van der Waals surface area contributed by atoms with Gasteiger partial charge in [-0.25, -0.2) is 4.98 Å².